The predicted molar refractivity (Wildman–Crippen MR) is 79.0 cm³/mol. The number of amides is 1. The Balaban J connectivity index is 2.06. The molecule has 1 saturated heterocycles. The molecule has 1 fully saturated rings. The van der Waals surface area contributed by atoms with Crippen molar-refractivity contribution in [1.82, 2.24) is 20.3 Å². The van der Waals surface area contributed by atoms with Crippen molar-refractivity contribution >= 4 is 12.1 Å². The molecule has 128 valence electrons. The third-order valence-electron chi connectivity index (χ3n) is 3.24. The molecule has 2 rings (SSSR count). The van der Waals surface area contributed by atoms with Crippen LogP contribution in [0.4, 0.5) is 4.79 Å². The topological polar surface area (TPSA) is 116 Å². The first-order valence-electron chi connectivity index (χ1n) is 7.50. The maximum Gasteiger partial charge on any atom is 0.407 e. The van der Waals surface area contributed by atoms with Gasteiger partial charge in [-0.25, -0.2) is 14.3 Å². The Labute approximate surface area is 133 Å². The van der Waals surface area contributed by atoms with E-state index in [4.69, 9.17) is 9.47 Å². The van der Waals surface area contributed by atoms with E-state index < -0.39 is 17.7 Å². The molecule has 2 heterocycles. The molecule has 1 unspecified atom stereocenters. The zero-order chi connectivity index (χ0) is 17.0. The smallest absolute Gasteiger partial charge is 0.407 e. The molecule has 0 radical (unpaired) electrons. The average Bonchev–Trinajstić information content (AvgIpc) is 3.04. The third kappa shape index (κ3) is 4.92. The Bertz CT molecular complexity index is 572. The number of ether oxygens (including phenoxy) is 2. The van der Waals surface area contributed by atoms with E-state index in [-0.39, 0.29) is 18.3 Å². The number of hydrogen-bond donors (Lipinski definition) is 2. The quantitative estimate of drug-likeness (QED) is 0.834. The van der Waals surface area contributed by atoms with Gasteiger partial charge in [0.1, 0.15) is 5.60 Å². The van der Waals surface area contributed by atoms with Crippen LogP contribution < -0.4 is 5.32 Å². The van der Waals surface area contributed by atoms with Crippen molar-refractivity contribution < 1.29 is 24.2 Å². The third-order valence-corrected chi connectivity index (χ3v) is 3.24. The minimum atomic E-state index is -1.19. The van der Waals surface area contributed by atoms with Crippen molar-refractivity contribution in [2.75, 3.05) is 6.61 Å². The van der Waals surface area contributed by atoms with Gasteiger partial charge in [-0.2, -0.15) is 0 Å². The van der Waals surface area contributed by atoms with E-state index in [1.807, 2.05) is 0 Å². The summed E-state index contributed by atoms with van der Waals surface area (Å²) in [5.41, 5.74) is -0.492. The summed E-state index contributed by atoms with van der Waals surface area (Å²) in [7, 11) is 0. The normalized spacial score (nSPS) is 18.0. The van der Waals surface area contributed by atoms with Crippen LogP contribution in [0.5, 0.6) is 0 Å². The van der Waals surface area contributed by atoms with Crippen molar-refractivity contribution in [2.45, 2.75) is 58.4 Å². The minimum absolute atomic E-state index is 0.0152. The molecular weight excluding hydrogens is 304 g/mol. The first-order valence-corrected chi connectivity index (χ1v) is 7.50. The van der Waals surface area contributed by atoms with Gasteiger partial charge in [0, 0.05) is 6.61 Å². The van der Waals surface area contributed by atoms with E-state index in [1.165, 1.54) is 4.68 Å². The van der Waals surface area contributed by atoms with Crippen LogP contribution in [0.3, 0.4) is 0 Å². The van der Waals surface area contributed by atoms with Crippen LogP contribution in [0.2, 0.25) is 0 Å². The van der Waals surface area contributed by atoms with Gasteiger partial charge in [-0.1, -0.05) is 5.21 Å². The Morgan fingerprint density at radius 2 is 2.22 bits per heavy atom. The summed E-state index contributed by atoms with van der Waals surface area (Å²) in [6.07, 6.45) is 1.22. The lowest BCUT2D eigenvalue weighted by Gasteiger charge is -2.20. The number of aromatic carboxylic acids is 1. The van der Waals surface area contributed by atoms with Crippen LogP contribution in [-0.4, -0.2) is 50.5 Å². The van der Waals surface area contributed by atoms with Crippen LogP contribution in [0.25, 0.3) is 0 Å². The highest BCUT2D eigenvalue weighted by atomic mass is 16.6. The van der Waals surface area contributed by atoms with Crippen LogP contribution >= 0.6 is 0 Å². The van der Waals surface area contributed by atoms with E-state index in [0.29, 0.717) is 18.8 Å². The average molecular weight is 326 g/mol. The van der Waals surface area contributed by atoms with Gasteiger partial charge in [-0.3, -0.25) is 0 Å². The van der Waals surface area contributed by atoms with E-state index in [0.717, 1.165) is 12.8 Å². The molecule has 0 bridgehead atoms. The summed E-state index contributed by atoms with van der Waals surface area (Å²) in [4.78, 5) is 23.0. The summed E-state index contributed by atoms with van der Waals surface area (Å²) in [5, 5.41) is 19.3. The summed E-state index contributed by atoms with van der Waals surface area (Å²) < 4.78 is 12.1. The number of nitrogens with zero attached hydrogens (tertiary/aromatic N) is 3. The molecule has 0 saturated carbocycles. The minimum Gasteiger partial charge on any atom is -0.476 e. The molecule has 1 atom stereocenters. The maximum atomic E-state index is 11.7. The monoisotopic (exact) mass is 326 g/mol. The number of hydrogen-bond acceptors (Lipinski definition) is 6. The Morgan fingerprint density at radius 3 is 2.78 bits per heavy atom. The molecule has 23 heavy (non-hydrogen) atoms. The highest BCUT2D eigenvalue weighted by molar-refractivity contribution is 5.86. The number of carbonyl (C=O) groups is 2. The van der Waals surface area contributed by atoms with Gasteiger partial charge in [0.2, 0.25) is 0 Å². The first-order chi connectivity index (χ1) is 10.8. The number of aromatic nitrogens is 3. The molecule has 1 amide bonds. The first kappa shape index (κ1) is 17.2. The van der Waals surface area contributed by atoms with Crippen molar-refractivity contribution in [3.8, 4) is 0 Å². The fraction of sp³-hybridized carbons (Fsp3) is 0.714. The predicted octanol–water partition coefficient (Wildman–Crippen LogP) is 1.18. The Kier molecular flexibility index (Phi) is 5.19. The summed E-state index contributed by atoms with van der Waals surface area (Å²) in [6, 6.07) is 0. The molecule has 9 heteroatoms. The molecule has 1 aromatic rings. The molecule has 1 aromatic heterocycles. The lowest BCUT2D eigenvalue weighted by molar-refractivity contribution is 0.0518. The molecule has 9 nitrogen and oxygen atoms in total. The fourth-order valence-electron chi connectivity index (χ4n) is 2.27. The van der Waals surface area contributed by atoms with Gasteiger partial charge in [-0.05, 0) is 33.6 Å². The lowest BCUT2D eigenvalue weighted by Crippen LogP contribution is -2.33. The van der Waals surface area contributed by atoms with Gasteiger partial charge in [0.15, 0.2) is 5.69 Å². The second-order valence-electron chi connectivity index (χ2n) is 6.36. The number of carbonyl (C=O) groups excluding carboxylic acids is 1. The van der Waals surface area contributed by atoms with Crippen LogP contribution in [-0.2, 0) is 22.6 Å². The van der Waals surface area contributed by atoms with Crippen LogP contribution in [0.1, 0.15) is 49.8 Å². The zero-order valence-electron chi connectivity index (χ0n) is 13.5. The highest BCUT2D eigenvalue weighted by Crippen LogP contribution is 2.16. The van der Waals surface area contributed by atoms with Crippen LogP contribution in [0.15, 0.2) is 0 Å². The van der Waals surface area contributed by atoms with E-state index >= 15 is 0 Å². The fourth-order valence-corrected chi connectivity index (χ4v) is 2.27. The van der Waals surface area contributed by atoms with Crippen molar-refractivity contribution in [1.29, 1.82) is 0 Å². The Morgan fingerprint density at radius 1 is 1.48 bits per heavy atom. The number of alkyl carbamates (subject to hydrolysis) is 1. The molecule has 0 aromatic carbocycles. The van der Waals surface area contributed by atoms with Gasteiger partial charge < -0.3 is 19.9 Å². The zero-order valence-corrected chi connectivity index (χ0v) is 13.5. The summed E-state index contributed by atoms with van der Waals surface area (Å²) in [6.45, 7) is 6.31. The lowest BCUT2D eigenvalue weighted by atomic mass is 10.2. The molecule has 1 aliphatic rings. The summed E-state index contributed by atoms with van der Waals surface area (Å²) in [5.74, 6) is -1.19. The van der Waals surface area contributed by atoms with Crippen molar-refractivity contribution in [3.05, 3.63) is 11.4 Å². The van der Waals surface area contributed by atoms with Gasteiger partial charge in [-0.15, -0.1) is 5.10 Å². The highest BCUT2D eigenvalue weighted by Gasteiger charge is 2.24. The van der Waals surface area contributed by atoms with Gasteiger partial charge in [0.25, 0.3) is 0 Å². The maximum absolute atomic E-state index is 11.7. The second-order valence-corrected chi connectivity index (χ2v) is 6.36. The standard InChI is InChI=1S/C14H22N4O5/c1-14(2,3)23-13(21)15-7-10-11(12(19)20)16-17-18(10)8-9-5-4-6-22-9/h9H,4-8H2,1-3H3,(H,15,21)(H,19,20). The van der Waals surface area contributed by atoms with Crippen molar-refractivity contribution in [3.63, 3.8) is 0 Å². The molecule has 1 aliphatic heterocycles. The van der Waals surface area contributed by atoms with E-state index in [2.05, 4.69) is 15.6 Å². The largest absolute Gasteiger partial charge is 0.476 e. The molecule has 2 N–H and O–H groups in total. The number of rotatable bonds is 5. The summed E-state index contributed by atoms with van der Waals surface area (Å²) >= 11 is 0. The Hall–Kier alpha value is -2.16. The van der Waals surface area contributed by atoms with Gasteiger partial charge >= 0.3 is 12.1 Å². The number of nitrogens with one attached hydrogen (secondary N) is 1. The van der Waals surface area contributed by atoms with E-state index in [9.17, 15) is 14.7 Å². The van der Waals surface area contributed by atoms with Crippen molar-refractivity contribution in [2.24, 2.45) is 0 Å². The number of carboxylic acids is 1. The second kappa shape index (κ2) is 6.95. The molecule has 0 spiro atoms. The molecular formula is C14H22N4O5. The number of carboxylic acid groups (broad SMARTS) is 1. The SMILES string of the molecule is CC(C)(C)OC(=O)NCc1c(C(=O)O)nnn1CC1CCCO1. The molecule has 0 aliphatic carbocycles. The van der Waals surface area contributed by atoms with Crippen LogP contribution in [0, 0.1) is 0 Å². The van der Waals surface area contributed by atoms with Gasteiger partial charge in [0.05, 0.1) is 24.9 Å². The van der Waals surface area contributed by atoms with E-state index in [1.54, 1.807) is 20.8 Å².